The summed E-state index contributed by atoms with van der Waals surface area (Å²) in [6.45, 7) is 1.97. The number of rotatable bonds is 4. The van der Waals surface area contributed by atoms with Gasteiger partial charge in [-0.2, -0.15) is 0 Å². The molecule has 2 rings (SSSR count). The summed E-state index contributed by atoms with van der Waals surface area (Å²) in [7, 11) is 0. The normalized spacial score (nSPS) is 10.5. The van der Waals surface area contributed by atoms with Crippen molar-refractivity contribution in [2.24, 2.45) is 0 Å². The van der Waals surface area contributed by atoms with Crippen molar-refractivity contribution in [2.75, 3.05) is 5.32 Å². The van der Waals surface area contributed by atoms with Crippen LogP contribution in [-0.2, 0) is 4.79 Å². The summed E-state index contributed by atoms with van der Waals surface area (Å²) in [5.74, 6) is -1.23. The number of nitrogens with one attached hydrogen (secondary N) is 1. The van der Waals surface area contributed by atoms with Gasteiger partial charge in [-0.1, -0.05) is 29.8 Å². The van der Waals surface area contributed by atoms with Crippen molar-refractivity contribution >= 4 is 23.8 Å². The molecule has 0 aliphatic heterocycles. The Bertz CT molecular complexity index is 708. The third-order valence-electron chi connectivity index (χ3n) is 2.73. The average molecular weight is 282 g/mol. The lowest BCUT2D eigenvalue weighted by Gasteiger charge is -2.02. The van der Waals surface area contributed by atoms with Crippen LogP contribution in [0.1, 0.15) is 21.5 Å². The van der Waals surface area contributed by atoms with Gasteiger partial charge in [0.2, 0.25) is 5.91 Å². The first-order valence-corrected chi connectivity index (χ1v) is 6.30. The van der Waals surface area contributed by atoms with E-state index in [1.54, 1.807) is 6.08 Å². The molecular weight excluding hydrogens is 268 g/mol. The number of carboxylic acids is 1. The van der Waals surface area contributed by atoms with E-state index in [1.807, 2.05) is 31.2 Å². The summed E-state index contributed by atoms with van der Waals surface area (Å²) in [6.07, 6.45) is 4.40. The third kappa shape index (κ3) is 4.28. The van der Waals surface area contributed by atoms with Crippen LogP contribution in [0.15, 0.2) is 48.7 Å². The van der Waals surface area contributed by atoms with Crippen molar-refractivity contribution < 1.29 is 14.7 Å². The molecule has 0 saturated heterocycles. The summed E-state index contributed by atoms with van der Waals surface area (Å²) in [5.41, 5.74) is 2.09. The fourth-order valence-electron chi connectivity index (χ4n) is 1.75. The SMILES string of the molecule is Cc1cccc(C=CC(=O)Nc2cc(C(=O)O)ccn2)c1. The molecule has 0 spiro atoms. The number of pyridine rings is 1. The maximum atomic E-state index is 11.8. The van der Waals surface area contributed by atoms with Crippen molar-refractivity contribution in [1.29, 1.82) is 0 Å². The Morgan fingerprint density at radius 3 is 2.76 bits per heavy atom. The Hall–Kier alpha value is -2.95. The summed E-state index contributed by atoms with van der Waals surface area (Å²) in [5, 5.41) is 11.4. The zero-order valence-electron chi connectivity index (χ0n) is 11.4. The molecule has 0 fully saturated rings. The summed E-state index contributed by atoms with van der Waals surface area (Å²) in [4.78, 5) is 26.5. The van der Waals surface area contributed by atoms with Gasteiger partial charge >= 0.3 is 5.97 Å². The molecule has 2 N–H and O–H groups in total. The largest absolute Gasteiger partial charge is 0.478 e. The molecule has 1 amide bonds. The van der Waals surface area contributed by atoms with Crippen molar-refractivity contribution in [3.05, 3.63) is 65.4 Å². The number of aromatic carboxylic acids is 1. The molecule has 0 bridgehead atoms. The molecule has 0 saturated carbocycles. The van der Waals surface area contributed by atoms with Gasteiger partial charge < -0.3 is 10.4 Å². The van der Waals surface area contributed by atoms with Gasteiger partial charge in [0.1, 0.15) is 5.82 Å². The number of carbonyl (C=O) groups excluding carboxylic acids is 1. The Morgan fingerprint density at radius 1 is 1.24 bits per heavy atom. The second-order valence-electron chi connectivity index (χ2n) is 4.47. The summed E-state index contributed by atoms with van der Waals surface area (Å²) >= 11 is 0. The number of hydrogen-bond donors (Lipinski definition) is 2. The van der Waals surface area contributed by atoms with E-state index in [9.17, 15) is 9.59 Å². The molecule has 1 heterocycles. The molecule has 0 radical (unpaired) electrons. The van der Waals surface area contributed by atoms with Crippen LogP contribution in [0, 0.1) is 6.92 Å². The summed E-state index contributed by atoms with van der Waals surface area (Å²) in [6, 6.07) is 10.4. The first-order chi connectivity index (χ1) is 10.0. The number of aromatic nitrogens is 1. The van der Waals surface area contributed by atoms with Crippen LogP contribution in [-0.4, -0.2) is 22.0 Å². The minimum Gasteiger partial charge on any atom is -0.478 e. The highest BCUT2D eigenvalue weighted by Gasteiger charge is 2.05. The Labute approximate surface area is 122 Å². The van der Waals surface area contributed by atoms with Crippen LogP contribution < -0.4 is 5.32 Å². The highest BCUT2D eigenvalue weighted by molar-refractivity contribution is 6.02. The van der Waals surface area contributed by atoms with E-state index in [2.05, 4.69) is 10.3 Å². The van der Waals surface area contributed by atoms with Gasteiger partial charge in [-0.25, -0.2) is 9.78 Å². The molecule has 106 valence electrons. The van der Waals surface area contributed by atoms with Crippen molar-refractivity contribution in [3.63, 3.8) is 0 Å². The van der Waals surface area contributed by atoms with Crippen LogP contribution >= 0.6 is 0 Å². The predicted octanol–water partition coefficient (Wildman–Crippen LogP) is 2.74. The first kappa shape index (κ1) is 14.5. The van der Waals surface area contributed by atoms with Gasteiger partial charge in [0, 0.05) is 12.3 Å². The molecule has 5 heteroatoms. The van der Waals surface area contributed by atoms with Crippen molar-refractivity contribution in [1.82, 2.24) is 4.98 Å². The molecular formula is C16H14N2O3. The second-order valence-corrected chi connectivity index (χ2v) is 4.47. The maximum Gasteiger partial charge on any atom is 0.335 e. The number of carbonyl (C=O) groups is 2. The maximum absolute atomic E-state index is 11.8. The minimum absolute atomic E-state index is 0.0722. The monoisotopic (exact) mass is 282 g/mol. The van der Waals surface area contributed by atoms with Crippen molar-refractivity contribution in [3.8, 4) is 0 Å². The minimum atomic E-state index is -1.07. The molecule has 0 atom stereocenters. The standard InChI is InChI=1S/C16H14N2O3/c1-11-3-2-4-12(9-11)5-6-15(19)18-14-10-13(16(20)21)7-8-17-14/h2-10H,1H3,(H,20,21)(H,17,18,19). The van der Waals surface area contributed by atoms with Crippen LogP contribution in [0.2, 0.25) is 0 Å². The Morgan fingerprint density at radius 2 is 2.05 bits per heavy atom. The summed E-state index contributed by atoms with van der Waals surface area (Å²) < 4.78 is 0. The quantitative estimate of drug-likeness (QED) is 0.845. The molecule has 0 unspecified atom stereocenters. The molecule has 5 nitrogen and oxygen atoms in total. The fraction of sp³-hybridized carbons (Fsp3) is 0.0625. The topological polar surface area (TPSA) is 79.3 Å². The van der Waals surface area contributed by atoms with Crippen molar-refractivity contribution in [2.45, 2.75) is 6.92 Å². The van der Waals surface area contributed by atoms with Gasteiger partial charge in [0.15, 0.2) is 0 Å². The predicted molar refractivity (Wildman–Crippen MR) is 80.0 cm³/mol. The van der Waals surface area contributed by atoms with Gasteiger partial charge in [0.25, 0.3) is 0 Å². The van der Waals surface area contributed by atoms with E-state index in [-0.39, 0.29) is 17.3 Å². The lowest BCUT2D eigenvalue weighted by molar-refractivity contribution is -0.111. The van der Waals surface area contributed by atoms with Crippen LogP contribution in [0.4, 0.5) is 5.82 Å². The van der Waals surface area contributed by atoms with Crippen LogP contribution in [0.3, 0.4) is 0 Å². The zero-order valence-corrected chi connectivity index (χ0v) is 11.4. The smallest absolute Gasteiger partial charge is 0.335 e. The van der Waals surface area contributed by atoms with E-state index in [0.717, 1.165) is 11.1 Å². The van der Waals surface area contributed by atoms with Gasteiger partial charge in [-0.3, -0.25) is 4.79 Å². The van der Waals surface area contributed by atoms with Gasteiger partial charge in [-0.15, -0.1) is 0 Å². The highest BCUT2D eigenvalue weighted by Crippen LogP contribution is 2.08. The van der Waals surface area contributed by atoms with E-state index in [4.69, 9.17) is 5.11 Å². The molecule has 0 aliphatic rings. The van der Waals surface area contributed by atoms with E-state index in [0.29, 0.717) is 0 Å². The van der Waals surface area contributed by atoms with E-state index in [1.165, 1.54) is 24.4 Å². The van der Waals surface area contributed by atoms with E-state index >= 15 is 0 Å². The lowest BCUT2D eigenvalue weighted by atomic mass is 10.1. The molecule has 1 aromatic carbocycles. The lowest BCUT2D eigenvalue weighted by Crippen LogP contribution is -2.10. The number of nitrogens with zero attached hydrogens (tertiary/aromatic N) is 1. The van der Waals surface area contributed by atoms with E-state index < -0.39 is 5.97 Å². The number of benzene rings is 1. The average Bonchev–Trinajstić information content (AvgIpc) is 2.45. The van der Waals surface area contributed by atoms with Crippen LogP contribution in [0.5, 0.6) is 0 Å². The Kier molecular flexibility index (Phi) is 4.46. The number of aryl methyl sites for hydroxylation is 1. The number of amides is 1. The third-order valence-corrected chi connectivity index (χ3v) is 2.73. The number of carboxylic acid groups (broad SMARTS) is 1. The molecule has 2 aromatic rings. The first-order valence-electron chi connectivity index (χ1n) is 6.30. The molecule has 1 aromatic heterocycles. The van der Waals surface area contributed by atoms with Gasteiger partial charge in [-0.05, 0) is 30.7 Å². The van der Waals surface area contributed by atoms with Crippen LogP contribution in [0.25, 0.3) is 6.08 Å². The molecule has 21 heavy (non-hydrogen) atoms. The second kappa shape index (κ2) is 6.47. The molecule has 0 aliphatic carbocycles. The van der Waals surface area contributed by atoms with Gasteiger partial charge in [0.05, 0.1) is 5.56 Å². The fourth-order valence-corrected chi connectivity index (χ4v) is 1.75. The number of anilines is 1. The zero-order chi connectivity index (χ0) is 15.2. The Balaban J connectivity index is 2.05. The highest BCUT2D eigenvalue weighted by atomic mass is 16.4. The number of hydrogen-bond acceptors (Lipinski definition) is 3.